The van der Waals surface area contributed by atoms with Gasteiger partial charge in [-0.2, -0.15) is 0 Å². The lowest BCUT2D eigenvalue weighted by Gasteiger charge is -2.43. The van der Waals surface area contributed by atoms with E-state index in [0.29, 0.717) is 11.8 Å². The number of fused-ring (bicyclic) bond motifs is 1. The molecule has 0 aromatic heterocycles. The van der Waals surface area contributed by atoms with Gasteiger partial charge in [0, 0.05) is 24.2 Å². The van der Waals surface area contributed by atoms with E-state index in [2.05, 4.69) is 47.7 Å². The molecule has 0 aromatic carbocycles. The van der Waals surface area contributed by atoms with Gasteiger partial charge in [-0.1, -0.05) is 34.6 Å². The highest BCUT2D eigenvalue weighted by Gasteiger charge is 2.59. The van der Waals surface area contributed by atoms with Crippen LogP contribution in [0.2, 0.25) is 18.1 Å². The Morgan fingerprint density at radius 3 is 2.19 bits per heavy atom. The predicted molar refractivity (Wildman–Crippen MR) is 105 cm³/mol. The molecule has 0 N–H and O–H groups in total. The molecule has 1 heterocycles. The lowest BCUT2D eigenvalue weighted by Crippen LogP contribution is -2.48. The molecule has 3 rings (SSSR count). The van der Waals surface area contributed by atoms with Crippen LogP contribution in [0, 0.1) is 23.2 Å². The normalized spacial score (nSPS) is 36.3. The van der Waals surface area contributed by atoms with Crippen LogP contribution in [0.5, 0.6) is 0 Å². The number of ether oxygens (including phenoxy) is 2. The molecule has 2 aliphatic carbocycles. The molecule has 26 heavy (non-hydrogen) atoms. The Morgan fingerprint density at radius 2 is 1.69 bits per heavy atom. The van der Waals surface area contributed by atoms with E-state index >= 15 is 0 Å². The third-order valence-electron chi connectivity index (χ3n) is 7.30. The lowest BCUT2D eigenvalue weighted by atomic mass is 9.88. The highest BCUT2D eigenvalue weighted by Crippen LogP contribution is 2.56. The number of rotatable bonds is 3. The van der Waals surface area contributed by atoms with Crippen molar-refractivity contribution in [3.05, 3.63) is 0 Å². The van der Waals surface area contributed by atoms with Crippen LogP contribution in [0.1, 0.15) is 60.8 Å². The Balaban J connectivity index is 1.73. The van der Waals surface area contributed by atoms with Gasteiger partial charge in [0.05, 0.1) is 19.3 Å². The predicted octanol–water partition coefficient (Wildman–Crippen LogP) is 4.78. The lowest BCUT2D eigenvalue weighted by molar-refractivity contribution is -0.298. The second kappa shape index (κ2) is 6.40. The van der Waals surface area contributed by atoms with E-state index in [1.165, 1.54) is 0 Å². The van der Waals surface area contributed by atoms with Gasteiger partial charge in [-0.25, -0.2) is 0 Å². The van der Waals surface area contributed by atoms with Crippen molar-refractivity contribution < 1.29 is 18.7 Å². The van der Waals surface area contributed by atoms with Crippen molar-refractivity contribution in [2.24, 2.45) is 23.2 Å². The Bertz CT molecular complexity index is 553. The van der Waals surface area contributed by atoms with E-state index < -0.39 is 14.1 Å². The summed E-state index contributed by atoms with van der Waals surface area (Å²) in [5.41, 5.74) is 0.0803. The fourth-order valence-electron chi connectivity index (χ4n) is 4.77. The average molecular weight is 383 g/mol. The van der Waals surface area contributed by atoms with Crippen LogP contribution < -0.4 is 0 Å². The second-order valence-electron chi connectivity index (χ2n) is 11.3. The van der Waals surface area contributed by atoms with Crippen molar-refractivity contribution in [2.75, 3.05) is 13.2 Å². The van der Waals surface area contributed by atoms with E-state index in [9.17, 15) is 4.79 Å². The summed E-state index contributed by atoms with van der Waals surface area (Å²) in [5.74, 6) is 0.619. The first kappa shape index (κ1) is 20.5. The van der Waals surface area contributed by atoms with Gasteiger partial charge in [0.25, 0.3) is 0 Å². The van der Waals surface area contributed by atoms with E-state index in [-0.39, 0.29) is 28.3 Å². The van der Waals surface area contributed by atoms with Crippen molar-refractivity contribution >= 4 is 14.1 Å². The minimum absolute atomic E-state index is 0.00404. The van der Waals surface area contributed by atoms with Gasteiger partial charge in [0.2, 0.25) is 0 Å². The fourth-order valence-corrected chi connectivity index (χ4v) is 6.12. The monoisotopic (exact) mass is 382 g/mol. The molecule has 2 saturated carbocycles. The quantitative estimate of drug-likeness (QED) is 0.659. The summed E-state index contributed by atoms with van der Waals surface area (Å²) in [4.78, 5) is 12.6. The number of carbonyl (C=O) groups excluding carboxylic acids is 1. The highest BCUT2D eigenvalue weighted by molar-refractivity contribution is 6.74. The van der Waals surface area contributed by atoms with Crippen LogP contribution in [0.15, 0.2) is 0 Å². The van der Waals surface area contributed by atoms with Crippen LogP contribution in [0.25, 0.3) is 0 Å². The van der Waals surface area contributed by atoms with Crippen LogP contribution in [-0.2, 0) is 18.7 Å². The maximum absolute atomic E-state index is 12.6. The Labute approximate surface area is 160 Å². The van der Waals surface area contributed by atoms with Gasteiger partial charge >= 0.3 is 0 Å². The first-order chi connectivity index (χ1) is 11.8. The van der Waals surface area contributed by atoms with E-state index in [4.69, 9.17) is 13.9 Å². The largest absolute Gasteiger partial charge is 0.413 e. The summed E-state index contributed by atoms with van der Waals surface area (Å²) >= 11 is 0. The van der Waals surface area contributed by atoms with Crippen molar-refractivity contribution in [3.63, 3.8) is 0 Å². The maximum atomic E-state index is 12.6. The van der Waals surface area contributed by atoms with Gasteiger partial charge in [0.15, 0.2) is 14.1 Å². The first-order valence-electron chi connectivity index (χ1n) is 10.2. The molecule has 1 aliphatic heterocycles. The van der Waals surface area contributed by atoms with Crippen LogP contribution in [0.4, 0.5) is 0 Å². The maximum Gasteiger partial charge on any atom is 0.192 e. The molecular weight excluding hydrogens is 344 g/mol. The smallest absolute Gasteiger partial charge is 0.192 e. The SMILES string of the molecule is CC(=O)[C@@H]1[C@H]2CC3(C[C@H]2C[C@H]1O[Si](C)(C)C(C)(C)C)OCC(C)(C)CO3. The molecule has 3 aliphatic rings. The molecule has 1 saturated heterocycles. The van der Waals surface area contributed by atoms with E-state index in [1.54, 1.807) is 6.92 Å². The van der Waals surface area contributed by atoms with Crippen LogP contribution in [-0.4, -0.2) is 39.2 Å². The molecule has 3 fully saturated rings. The molecule has 4 nitrogen and oxygen atoms in total. The summed E-state index contributed by atoms with van der Waals surface area (Å²) in [6, 6.07) is 0. The molecule has 1 spiro atoms. The third-order valence-corrected chi connectivity index (χ3v) is 11.8. The molecule has 4 atom stereocenters. The van der Waals surface area contributed by atoms with Gasteiger partial charge in [-0.15, -0.1) is 0 Å². The number of Topliss-reactive ketones (excluding diaryl/α,β-unsaturated/α-hetero) is 1. The Kier molecular flexibility index (Phi) is 5.04. The molecule has 0 amide bonds. The summed E-state index contributed by atoms with van der Waals surface area (Å²) < 4.78 is 19.2. The van der Waals surface area contributed by atoms with Gasteiger partial charge in [-0.05, 0) is 43.3 Å². The molecule has 0 aromatic rings. The molecule has 150 valence electrons. The van der Waals surface area contributed by atoms with Gasteiger partial charge in [-0.3, -0.25) is 4.79 Å². The zero-order valence-electron chi connectivity index (χ0n) is 18.0. The van der Waals surface area contributed by atoms with Crippen molar-refractivity contribution in [2.45, 2.75) is 90.8 Å². The summed E-state index contributed by atoms with van der Waals surface area (Å²) in [6.07, 6.45) is 2.80. The number of carbonyl (C=O) groups is 1. The van der Waals surface area contributed by atoms with Gasteiger partial charge < -0.3 is 13.9 Å². The van der Waals surface area contributed by atoms with Gasteiger partial charge in [0.1, 0.15) is 5.78 Å². The summed E-state index contributed by atoms with van der Waals surface area (Å²) in [7, 11) is -1.89. The van der Waals surface area contributed by atoms with Crippen molar-refractivity contribution in [1.29, 1.82) is 0 Å². The highest BCUT2D eigenvalue weighted by atomic mass is 28.4. The number of hydrogen-bond donors (Lipinski definition) is 0. The molecular formula is C21H38O4Si. The summed E-state index contributed by atoms with van der Waals surface area (Å²) in [5, 5.41) is 0.161. The zero-order chi connectivity index (χ0) is 19.5. The Morgan fingerprint density at radius 1 is 1.12 bits per heavy atom. The third kappa shape index (κ3) is 3.69. The van der Waals surface area contributed by atoms with Crippen molar-refractivity contribution in [3.8, 4) is 0 Å². The zero-order valence-corrected chi connectivity index (χ0v) is 19.0. The second-order valence-corrected chi connectivity index (χ2v) is 16.0. The fraction of sp³-hybridized carbons (Fsp3) is 0.952. The average Bonchev–Trinajstić information content (AvgIpc) is 2.94. The topological polar surface area (TPSA) is 44.8 Å². The van der Waals surface area contributed by atoms with E-state index in [0.717, 1.165) is 32.5 Å². The molecule has 0 unspecified atom stereocenters. The van der Waals surface area contributed by atoms with Crippen LogP contribution in [0.3, 0.4) is 0 Å². The molecule has 0 radical (unpaired) electrons. The molecule has 5 heteroatoms. The Hall–Kier alpha value is -0.233. The summed E-state index contributed by atoms with van der Waals surface area (Å²) in [6.45, 7) is 18.9. The van der Waals surface area contributed by atoms with Crippen molar-refractivity contribution in [1.82, 2.24) is 0 Å². The minimum atomic E-state index is -1.89. The standard InChI is InChI=1S/C21H38O4Si/c1-14(22)18-16-11-21(23-12-20(5,6)13-24-21)10-15(16)9-17(18)25-26(7,8)19(2,3)4/h15-18H,9-13H2,1-8H3/t15-,16+,17-,18-/m1/s1. The van der Waals surface area contributed by atoms with Crippen LogP contribution >= 0.6 is 0 Å². The molecule has 0 bridgehead atoms. The minimum Gasteiger partial charge on any atom is -0.413 e. The first-order valence-corrected chi connectivity index (χ1v) is 13.1. The van der Waals surface area contributed by atoms with E-state index in [1.807, 2.05) is 0 Å². The number of hydrogen-bond acceptors (Lipinski definition) is 4. The number of ketones is 1.